The molecular weight excluding hydrogens is 330 g/mol. The minimum absolute atomic E-state index is 0.132. The number of nitrogens with zero attached hydrogens (tertiary/aromatic N) is 5. The summed E-state index contributed by atoms with van der Waals surface area (Å²) in [4.78, 5) is 3.98. The zero-order valence-corrected chi connectivity index (χ0v) is 13.4. The molecule has 3 rings (SSSR count). The molecule has 0 aliphatic carbocycles. The molecule has 0 bridgehead atoms. The average molecular weight is 345 g/mol. The fourth-order valence-corrected chi connectivity index (χ4v) is 3.02. The fraction of sp³-hybridized carbons (Fsp3) is 0.133. The predicted octanol–water partition coefficient (Wildman–Crippen LogP) is 1.52. The molecule has 0 saturated heterocycles. The fourth-order valence-electron chi connectivity index (χ4n) is 2.08. The summed E-state index contributed by atoms with van der Waals surface area (Å²) >= 11 is 0. The molecule has 9 heteroatoms. The second-order valence-electron chi connectivity index (χ2n) is 5.09. The van der Waals surface area contributed by atoms with Crippen molar-refractivity contribution < 1.29 is 13.6 Å². The Morgan fingerprint density at radius 2 is 1.92 bits per heavy atom. The van der Waals surface area contributed by atoms with Crippen molar-refractivity contribution in [3.63, 3.8) is 0 Å². The van der Waals surface area contributed by atoms with Crippen LogP contribution in [0.2, 0.25) is 0 Å². The summed E-state index contributed by atoms with van der Waals surface area (Å²) in [5.41, 5.74) is 1.91. The molecule has 0 atom stereocenters. The maximum absolute atomic E-state index is 12.2. The van der Waals surface area contributed by atoms with E-state index >= 15 is 0 Å². The molecule has 24 heavy (non-hydrogen) atoms. The second-order valence-corrected chi connectivity index (χ2v) is 6.94. The van der Waals surface area contributed by atoms with Gasteiger partial charge in [0.2, 0.25) is 0 Å². The van der Waals surface area contributed by atoms with E-state index in [1.165, 1.54) is 6.20 Å². The zero-order valence-electron chi connectivity index (χ0n) is 12.6. The first-order chi connectivity index (χ1) is 11.5. The van der Waals surface area contributed by atoms with Crippen LogP contribution in [0.4, 0.5) is 0 Å². The summed E-state index contributed by atoms with van der Waals surface area (Å²) in [5, 5.41) is 17.6. The Hall–Kier alpha value is -2.62. The molecule has 124 valence electrons. The Balaban J connectivity index is 1.72. The molecule has 1 N–H and O–H groups in total. The number of benzene rings is 1. The van der Waals surface area contributed by atoms with E-state index in [1.54, 1.807) is 48.8 Å². The minimum atomic E-state index is -3.95. The first-order valence-electron chi connectivity index (χ1n) is 7.08. The molecule has 0 radical (unpaired) electrons. The number of sulfonamides is 1. The van der Waals surface area contributed by atoms with Gasteiger partial charge in [-0.2, -0.15) is 0 Å². The Labute approximate surface area is 139 Å². The number of hydroxylamine groups is 1. The van der Waals surface area contributed by atoms with Gasteiger partial charge in [-0.15, -0.1) is 5.10 Å². The molecule has 0 aliphatic heterocycles. The van der Waals surface area contributed by atoms with Gasteiger partial charge < -0.3 is 0 Å². The Bertz CT molecular complexity index is 897. The lowest BCUT2D eigenvalue weighted by Gasteiger charge is -2.14. The van der Waals surface area contributed by atoms with Gasteiger partial charge >= 0.3 is 0 Å². The van der Waals surface area contributed by atoms with E-state index in [4.69, 9.17) is 0 Å². The maximum atomic E-state index is 12.2. The van der Waals surface area contributed by atoms with Crippen LogP contribution in [0.1, 0.15) is 5.56 Å². The molecule has 1 aromatic carbocycles. The molecule has 0 saturated carbocycles. The van der Waals surface area contributed by atoms with Crippen molar-refractivity contribution in [1.82, 2.24) is 24.4 Å². The molecule has 3 aromatic rings. The number of rotatable bonds is 6. The Morgan fingerprint density at radius 3 is 2.62 bits per heavy atom. The van der Waals surface area contributed by atoms with Crippen molar-refractivity contribution in [1.29, 1.82) is 0 Å². The van der Waals surface area contributed by atoms with Gasteiger partial charge in [0.05, 0.1) is 12.7 Å². The van der Waals surface area contributed by atoms with E-state index in [1.807, 2.05) is 6.07 Å². The summed E-state index contributed by atoms with van der Waals surface area (Å²) in [5.74, 6) is -0.510. The molecule has 0 unspecified atom stereocenters. The van der Waals surface area contributed by atoms with Crippen molar-refractivity contribution >= 4 is 10.0 Å². The lowest BCUT2D eigenvalue weighted by molar-refractivity contribution is -0.00571. The molecule has 2 aromatic heterocycles. The number of hydrogen-bond acceptors (Lipinski definition) is 6. The average Bonchev–Trinajstić information content (AvgIpc) is 3.04. The van der Waals surface area contributed by atoms with Crippen LogP contribution in [0.25, 0.3) is 11.3 Å². The van der Waals surface area contributed by atoms with Crippen LogP contribution in [-0.4, -0.2) is 38.1 Å². The van der Waals surface area contributed by atoms with Gasteiger partial charge in [0, 0.05) is 18.0 Å². The first-order valence-corrected chi connectivity index (χ1v) is 8.69. The minimum Gasteiger partial charge on any atom is -0.299 e. The van der Waals surface area contributed by atoms with E-state index in [2.05, 4.69) is 15.3 Å². The molecular formula is C15H15N5O3S. The van der Waals surface area contributed by atoms with Gasteiger partial charge in [0.25, 0.3) is 10.0 Å². The van der Waals surface area contributed by atoms with E-state index in [0.29, 0.717) is 15.7 Å². The number of pyridine rings is 1. The van der Waals surface area contributed by atoms with Crippen molar-refractivity contribution in [2.24, 2.45) is 0 Å². The molecule has 0 aliphatic rings. The van der Waals surface area contributed by atoms with Gasteiger partial charge in [0.15, 0.2) is 5.88 Å². The summed E-state index contributed by atoms with van der Waals surface area (Å²) in [7, 11) is -3.95. The summed E-state index contributed by atoms with van der Waals surface area (Å²) in [6, 6.07) is 12.4. The highest BCUT2D eigenvalue weighted by Crippen LogP contribution is 2.15. The third kappa shape index (κ3) is 3.82. The van der Waals surface area contributed by atoms with Crippen LogP contribution in [0, 0.1) is 0 Å². The van der Waals surface area contributed by atoms with Crippen LogP contribution in [0.3, 0.4) is 0 Å². The molecule has 0 amide bonds. The maximum Gasteiger partial charge on any atom is 0.256 e. The highest BCUT2D eigenvalue weighted by molar-refractivity contribution is 7.87. The largest absolute Gasteiger partial charge is 0.299 e. The molecule has 0 spiro atoms. The molecule has 0 fully saturated rings. The van der Waals surface area contributed by atoms with Gasteiger partial charge in [-0.3, -0.25) is 10.2 Å². The molecule has 8 nitrogen and oxygen atoms in total. The zero-order chi connectivity index (χ0) is 17.0. The van der Waals surface area contributed by atoms with Crippen LogP contribution < -0.4 is 0 Å². The lowest BCUT2D eigenvalue weighted by atomic mass is 10.2. The van der Waals surface area contributed by atoms with Crippen molar-refractivity contribution in [3.8, 4) is 11.3 Å². The van der Waals surface area contributed by atoms with Crippen molar-refractivity contribution in [2.45, 2.75) is 12.4 Å². The summed E-state index contributed by atoms with van der Waals surface area (Å²) < 4.78 is 25.9. The van der Waals surface area contributed by atoms with Crippen molar-refractivity contribution in [2.75, 3.05) is 0 Å². The van der Waals surface area contributed by atoms with E-state index in [-0.39, 0.29) is 6.54 Å². The van der Waals surface area contributed by atoms with E-state index in [9.17, 15) is 13.6 Å². The Morgan fingerprint density at radius 1 is 1.12 bits per heavy atom. The summed E-state index contributed by atoms with van der Waals surface area (Å²) in [6.45, 7) is -0.132. The monoisotopic (exact) mass is 345 g/mol. The van der Waals surface area contributed by atoms with E-state index in [0.717, 1.165) is 10.2 Å². The van der Waals surface area contributed by atoms with Gasteiger partial charge in [0.1, 0.15) is 5.69 Å². The van der Waals surface area contributed by atoms with Crippen LogP contribution >= 0.6 is 0 Å². The van der Waals surface area contributed by atoms with Crippen molar-refractivity contribution in [3.05, 3.63) is 66.6 Å². The van der Waals surface area contributed by atoms with Crippen LogP contribution in [-0.2, 0) is 22.4 Å². The van der Waals surface area contributed by atoms with Gasteiger partial charge in [-0.25, -0.2) is 13.1 Å². The first kappa shape index (κ1) is 16.2. The van der Waals surface area contributed by atoms with E-state index < -0.39 is 15.9 Å². The highest BCUT2D eigenvalue weighted by Gasteiger charge is 2.22. The van der Waals surface area contributed by atoms with Crippen LogP contribution in [0.15, 0.2) is 61.1 Å². The predicted molar refractivity (Wildman–Crippen MR) is 85.9 cm³/mol. The number of hydrogen-bond donors (Lipinski definition) is 1. The smallest absolute Gasteiger partial charge is 0.256 e. The second kappa shape index (κ2) is 6.87. The third-order valence-electron chi connectivity index (χ3n) is 3.27. The molecule has 2 heterocycles. The normalized spacial score (nSPS) is 11.8. The van der Waals surface area contributed by atoms with Crippen LogP contribution in [0.5, 0.6) is 0 Å². The SMILES string of the molecule is O=S(=O)(Cn1cc(-c2cccnc2)nn1)N(O)Cc1ccccc1. The highest BCUT2D eigenvalue weighted by atomic mass is 32.2. The Kier molecular flexibility index (Phi) is 4.65. The standard InChI is InChI=1S/C15H15N5O3S/c21-20(10-13-5-2-1-3-6-13)24(22,23)12-19-11-15(17-18-19)14-7-4-8-16-9-14/h1-9,11,21H,10,12H2. The summed E-state index contributed by atoms with van der Waals surface area (Å²) in [6.07, 6.45) is 4.73. The third-order valence-corrected chi connectivity index (χ3v) is 4.64. The topological polar surface area (TPSA) is 101 Å². The quantitative estimate of drug-likeness (QED) is 0.680. The van der Waals surface area contributed by atoms with Gasteiger partial charge in [-0.1, -0.05) is 40.0 Å². The lowest BCUT2D eigenvalue weighted by Crippen LogP contribution is -2.30. The van der Waals surface area contributed by atoms with Gasteiger partial charge in [-0.05, 0) is 17.7 Å². The number of aromatic nitrogens is 4.